The molecule has 0 unspecified atom stereocenters. The summed E-state index contributed by atoms with van der Waals surface area (Å²) in [6.45, 7) is 3.11. The Bertz CT molecular complexity index is 571. The molecule has 4 heteroatoms. The summed E-state index contributed by atoms with van der Waals surface area (Å²) in [5.41, 5.74) is 0.355. The lowest BCUT2D eigenvalue weighted by molar-refractivity contribution is 0.0696. The monoisotopic (exact) mass is 243 g/mol. The van der Waals surface area contributed by atoms with Gasteiger partial charge in [-0.2, -0.15) is 5.26 Å². The van der Waals surface area contributed by atoms with Gasteiger partial charge in [0.2, 0.25) is 0 Å². The van der Waals surface area contributed by atoms with E-state index in [0.717, 1.165) is 0 Å². The van der Waals surface area contributed by atoms with Gasteiger partial charge in [-0.1, -0.05) is 11.8 Å². The van der Waals surface area contributed by atoms with Crippen molar-refractivity contribution in [2.75, 3.05) is 6.61 Å². The minimum Gasteiger partial charge on any atom is -0.478 e. The Morgan fingerprint density at radius 2 is 2.06 bits per heavy atom. The number of aliphatic hydroxyl groups is 1. The number of hydrogen-bond donors (Lipinski definition) is 2. The first-order valence-electron chi connectivity index (χ1n) is 5.30. The van der Waals surface area contributed by atoms with E-state index in [1.165, 1.54) is 12.1 Å². The van der Waals surface area contributed by atoms with Crippen molar-refractivity contribution in [1.29, 1.82) is 5.26 Å². The third-order valence-electron chi connectivity index (χ3n) is 2.49. The summed E-state index contributed by atoms with van der Waals surface area (Å²) in [4.78, 5) is 11.0. The smallest absolute Gasteiger partial charge is 0.335 e. The van der Waals surface area contributed by atoms with Gasteiger partial charge < -0.3 is 10.2 Å². The molecular weight excluding hydrogens is 230 g/mol. The molecule has 0 radical (unpaired) electrons. The minimum absolute atomic E-state index is 0.0815. The summed E-state index contributed by atoms with van der Waals surface area (Å²) in [6.07, 6.45) is 0. The van der Waals surface area contributed by atoms with Gasteiger partial charge in [-0.15, -0.1) is 0 Å². The zero-order chi connectivity index (χ0) is 13.8. The van der Waals surface area contributed by atoms with Crippen molar-refractivity contribution >= 4 is 5.97 Å². The highest BCUT2D eigenvalue weighted by atomic mass is 16.4. The third-order valence-corrected chi connectivity index (χ3v) is 2.49. The van der Waals surface area contributed by atoms with E-state index < -0.39 is 11.4 Å². The molecule has 18 heavy (non-hydrogen) atoms. The van der Waals surface area contributed by atoms with Gasteiger partial charge in [0.15, 0.2) is 0 Å². The number of nitriles is 1. The molecule has 2 N–H and O–H groups in total. The van der Waals surface area contributed by atoms with Crippen molar-refractivity contribution in [3.63, 3.8) is 0 Å². The molecule has 0 bridgehead atoms. The number of benzene rings is 1. The Morgan fingerprint density at radius 3 is 2.56 bits per heavy atom. The molecule has 0 spiro atoms. The van der Waals surface area contributed by atoms with Crippen molar-refractivity contribution in [3.05, 3.63) is 34.9 Å². The minimum atomic E-state index is -1.07. The van der Waals surface area contributed by atoms with Gasteiger partial charge in [-0.25, -0.2) is 4.79 Å². The van der Waals surface area contributed by atoms with Crippen molar-refractivity contribution in [2.24, 2.45) is 0 Å². The fourth-order valence-electron chi connectivity index (χ4n) is 1.39. The maximum absolute atomic E-state index is 11.0. The largest absolute Gasteiger partial charge is 0.478 e. The molecule has 0 aliphatic carbocycles. The predicted octanol–water partition coefficient (Wildman–Crippen LogP) is 1.53. The molecular formula is C14H13NO3. The van der Waals surface area contributed by atoms with E-state index in [1.807, 2.05) is 0 Å². The quantitative estimate of drug-likeness (QED) is 0.772. The molecule has 0 heterocycles. The molecule has 1 rings (SSSR count). The number of carbonyl (C=O) groups is 1. The first-order chi connectivity index (χ1) is 8.40. The van der Waals surface area contributed by atoms with Gasteiger partial charge in [0, 0.05) is 5.56 Å². The van der Waals surface area contributed by atoms with Crippen LogP contribution < -0.4 is 0 Å². The van der Waals surface area contributed by atoms with Crippen LogP contribution in [-0.4, -0.2) is 22.8 Å². The maximum Gasteiger partial charge on any atom is 0.335 e. The van der Waals surface area contributed by atoms with Crippen molar-refractivity contribution in [2.45, 2.75) is 19.3 Å². The Kier molecular flexibility index (Phi) is 4.09. The van der Waals surface area contributed by atoms with Crippen LogP contribution in [0, 0.1) is 23.2 Å². The van der Waals surface area contributed by atoms with Gasteiger partial charge in [0.25, 0.3) is 0 Å². The van der Waals surface area contributed by atoms with Crippen LogP contribution >= 0.6 is 0 Å². The second kappa shape index (κ2) is 5.35. The summed E-state index contributed by atoms with van der Waals surface area (Å²) >= 11 is 0. The summed E-state index contributed by atoms with van der Waals surface area (Å²) in [5, 5.41) is 26.7. The third kappa shape index (κ3) is 3.10. The Hall–Kier alpha value is -2.30. The van der Waals surface area contributed by atoms with Crippen LogP contribution in [0.5, 0.6) is 0 Å². The molecule has 1 aromatic carbocycles. The Labute approximate surface area is 105 Å². The second-order valence-corrected chi connectivity index (χ2v) is 4.30. The Balaban J connectivity index is 3.41. The average molecular weight is 243 g/mol. The topological polar surface area (TPSA) is 81.3 Å². The van der Waals surface area contributed by atoms with E-state index in [2.05, 4.69) is 17.9 Å². The molecule has 4 nitrogen and oxygen atoms in total. The van der Waals surface area contributed by atoms with Gasteiger partial charge in [0.05, 0.1) is 17.0 Å². The van der Waals surface area contributed by atoms with Crippen molar-refractivity contribution in [1.82, 2.24) is 0 Å². The highest BCUT2D eigenvalue weighted by Gasteiger charge is 2.21. The lowest BCUT2D eigenvalue weighted by atomic mass is 9.84. The predicted molar refractivity (Wildman–Crippen MR) is 66.0 cm³/mol. The fourth-order valence-corrected chi connectivity index (χ4v) is 1.39. The van der Waals surface area contributed by atoms with Crippen molar-refractivity contribution in [3.8, 4) is 17.9 Å². The van der Waals surface area contributed by atoms with Crippen LogP contribution in [0.4, 0.5) is 0 Å². The van der Waals surface area contributed by atoms with E-state index in [9.17, 15) is 4.79 Å². The van der Waals surface area contributed by atoms with Gasteiger partial charge in [0.1, 0.15) is 6.61 Å². The molecule has 0 amide bonds. The molecule has 0 aliphatic rings. The number of carboxylic acid groups (broad SMARTS) is 1. The molecule has 0 fully saturated rings. The summed E-state index contributed by atoms with van der Waals surface area (Å²) in [7, 11) is 0. The standard InChI is InChI=1S/C14H13NO3/c1-14(2,9-15)12-7-10(4-3-5-16)6-11(8-12)13(17)18/h6-8,16H,5H2,1-2H3,(H,17,18). The molecule has 1 aromatic rings. The second-order valence-electron chi connectivity index (χ2n) is 4.30. The molecule has 0 aliphatic heterocycles. The number of aliphatic hydroxyl groups excluding tert-OH is 1. The Morgan fingerprint density at radius 1 is 1.39 bits per heavy atom. The average Bonchev–Trinajstić information content (AvgIpc) is 2.35. The maximum atomic E-state index is 11.0. The SMILES string of the molecule is CC(C)(C#N)c1cc(C#CCO)cc(C(=O)O)c1. The number of aromatic carboxylic acids is 1. The highest BCUT2D eigenvalue weighted by molar-refractivity contribution is 5.88. The van der Waals surface area contributed by atoms with Gasteiger partial charge in [-0.3, -0.25) is 0 Å². The van der Waals surface area contributed by atoms with Crippen LogP contribution in [-0.2, 0) is 5.41 Å². The fraction of sp³-hybridized carbons (Fsp3) is 0.286. The van der Waals surface area contributed by atoms with Crippen LogP contribution in [0.2, 0.25) is 0 Å². The van der Waals surface area contributed by atoms with Crippen LogP contribution in [0.15, 0.2) is 18.2 Å². The molecule has 92 valence electrons. The zero-order valence-corrected chi connectivity index (χ0v) is 10.2. The van der Waals surface area contributed by atoms with Gasteiger partial charge in [-0.05, 0) is 37.6 Å². The van der Waals surface area contributed by atoms with E-state index in [-0.39, 0.29) is 12.2 Å². The van der Waals surface area contributed by atoms with Crippen molar-refractivity contribution < 1.29 is 15.0 Å². The van der Waals surface area contributed by atoms with Crippen LogP contribution in [0.3, 0.4) is 0 Å². The number of rotatable bonds is 2. The van der Waals surface area contributed by atoms with E-state index in [4.69, 9.17) is 15.5 Å². The summed E-state index contributed by atoms with van der Waals surface area (Å²) in [5.74, 6) is 4.04. The molecule has 0 saturated heterocycles. The lowest BCUT2D eigenvalue weighted by Crippen LogP contribution is -2.15. The summed E-state index contributed by atoms with van der Waals surface area (Å²) < 4.78 is 0. The number of hydrogen-bond acceptors (Lipinski definition) is 3. The first kappa shape index (κ1) is 13.8. The van der Waals surface area contributed by atoms with Crippen LogP contribution in [0.25, 0.3) is 0 Å². The highest BCUT2D eigenvalue weighted by Crippen LogP contribution is 2.24. The molecule has 0 saturated carbocycles. The number of nitrogens with zero attached hydrogens (tertiary/aromatic N) is 1. The first-order valence-corrected chi connectivity index (χ1v) is 5.30. The number of carboxylic acids is 1. The van der Waals surface area contributed by atoms with E-state index >= 15 is 0 Å². The van der Waals surface area contributed by atoms with Gasteiger partial charge >= 0.3 is 5.97 Å². The summed E-state index contributed by atoms with van der Waals surface area (Å²) in [6, 6.07) is 6.67. The van der Waals surface area contributed by atoms with Crippen LogP contribution in [0.1, 0.15) is 35.3 Å². The molecule has 0 aromatic heterocycles. The molecule has 0 atom stereocenters. The zero-order valence-electron chi connectivity index (χ0n) is 10.2. The van der Waals surface area contributed by atoms with E-state index in [1.54, 1.807) is 19.9 Å². The lowest BCUT2D eigenvalue weighted by Gasteiger charge is -2.16. The normalized spacial score (nSPS) is 10.1. The van der Waals surface area contributed by atoms with E-state index in [0.29, 0.717) is 11.1 Å².